The summed E-state index contributed by atoms with van der Waals surface area (Å²) in [7, 11) is 0. The Kier molecular flexibility index (Phi) is 6.27. The van der Waals surface area contributed by atoms with E-state index in [4.69, 9.17) is 0 Å². The minimum Gasteiger partial charge on any atom is -0.393 e. The third-order valence-corrected chi connectivity index (χ3v) is 5.52. The number of carbonyl (C=O) groups is 1. The van der Waals surface area contributed by atoms with Crippen LogP contribution >= 0.6 is 0 Å². The zero-order valence-electron chi connectivity index (χ0n) is 14.5. The van der Waals surface area contributed by atoms with Crippen molar-refractivity contribution >= 4 is 5.91 Å². The van der Waals surface area contributed by atoms with Crippen molar-refractivity contribution in [3.63, 3.8) is 0 Å². The Morgan fingerprint density at radius 3 is 2.42 bits per heavy atom. The maximum Gasteiger partial charge on any atom is 0.234 e. The molecule has 1 atom stereocenters. The fraction of sp³-hybridized carbons (Fsp3) is 0.650. The average molecular weight is 330 g/mol. The van der Waals surface area contributed by atoms with Gasteiger partial charge in [-0.25, -0.2) is 0 Å². The van der Waals surface area contributed by atoms with Crippen molar-refractivity contribution in [2.75, 3.05) is 19.6 Å². The molecule has 1 aliphatic carbocycles. The second-order valence-electron chi connectivity index (χ2n) is 7.36. The number of amides is 1. The molecule has 1 aliphatic heterocycles. The molecule has 1 saturated heterocycles. The van der Waals surface area contributed by atoms with Gasteiger partial charge in [-0.2, -0.15) is 0 Å². The van der Waals surface area contributed by atoms with Crippen molar-refractivity contribution in [2.45, 2.75) is 57.1 Å². The number of hydrogen-bond acceptors (Lipinski definition) is 3. The van der Waals surface area contributed by atoms with E-state index in [1.54, 1.807) is 0 Å². The summed E-state index contributed by atoms with van der Waals surface area (Å²) in [4.78, 5) is 14.8. The number of nitrogens with zero attached hydrogens (tertiary/aromatic N) is 1. The SMILES string of the molecule is O=C(CN1CCC(O)CC1)NC(c1ccccc1)C1CCCCC1. The number of aliphatic hydroxyl groups excluding tert-OH is 1. The Morgan fingerprint density at radius 2 is 1.75 bits per heavy atom. The zero-order chi connectivity index (χ0) is 16.8. The molecule has 2 N–H and O–H groups in total. The van der Waals surface area contributed by atoms with Crippen LogP contribution in [0.5, 0.6) is 0 Å². The molecule has 1 unspecified atom stereocenters. The van der Waals surface area contributed by atoms with Gasteiger partial charge < -0.3 is 10.4 Å². The lowest BCUT2D eigenvalue weighted by atomic mass is 9.81. The molecule has 1 aromatic carbocycles. The van der Waals surface area contributed by atoms with Gasteiger partial charge >= 0.3 is 0 Å². The fourth-order valence-electron chi connectivity index (χ4n) is 4.10. The van der Waals surface area contributed by atoms with Gasteiger partial charge in [0.15, 0.2) is 0 Å². The summed E-state index contributed by atoms with van der Waals surface area (Å²) in [5.74, 6) is 0.666. The Balaban J connectivity index is 1.61. The van der Waals surface area contributed by atoms with Crippen molar-refractivity contribution in [1.82, 2.24) is 10.2 Å². The molecule has 1 amide bonds. The lowest BCUT2D eigenvalue weighted by Gasteiger charge is -2.33. The highest BCUT2D eigenvalue weighted by molar-refractivity contribution is 5.78. The number of hydrogen-bond donors (Lipinski definition) is 2. The van der Waals surface area contributed by atoms with Crippen LogP contribution in [0.3, 0.4) is 0 Å². The van der Waals surface area contributed by atoms with Gasteiger partial charge in [0, 0.05) is 13.1 Å². The highest BCUT2D eigenvalue weighted by Gasteiger charge is 2.27. The van der Waals surface area contributed by atoms with E-state index in [-0.39, 0.29) is 18.1 Å². The summed E-state index contributed by atoms with van der Waals surface area (Å²) in [5, 5.41) is 12.9. The summed E-state index contributed by atoms with van der Waals surface area (Å²) < 4.78 is 0. The quantitative estimate of drug-likeness (QED) is 0.873. The van der Waals surface area contributed by atoms with Gasteiger partial charge in [0.05, 0.1) is 18.7 Å². The molecule has 132 valence electrons. The second kappa shape index (κ2) is 8.63. The summed E-state index contributed by atoms with van der Waals surface area (Å²) in [5.41, 5.74) is 1.23. The number of nitrogens with one attached hydrogen (secondary N) is 1. The van der Waals surface area contributed by atoms with Crippen LogP contribution < -0.4 is 5.32 Å². The number of rotatable bonds is 5. The Morgan fingerprint density at radius 1 is 1.08 bits per heavy atom. The normalized spacial score (nSPS) is 22.2. The van der Waals surface area contributed by atoms with Gasteiger partial charge in [-0.3, -0.25) is 9.69 Å². The molecule has 1 heterocycles. The lowest BCUT2D eigenvalue weighted by molar-refractivity contribution is -0.124. The van der Waals surface area contributed by atoms with E-state index in [1.807, 2.05) is 6.07 Å². The van der Waals surface area contributed by atoms with Crippen molar-refractivity contribution in [2.24, 2.45) is 5.92 Å². The molecule has 0 radical (unpaired) electrons. The zero-order valence-corrected chi connectivity index (χ0v) is 14.5. The first-order valence-corrected chi connectivity index (χ1v) is 9.47. The molecule has 0 spiro atoms. The minimum absolute atomic E-state index is 0.116. The fourth-order valence-corrected chi connectivity index (χ4v) is 4.10. The average Bonchev–Trinajstić information content (AvgIpc) is 2.63. The largest absolute Gasteiger partial charge is 0.393 e. The molecule has 3 rings (SSSR count). The van der Waals surface area contributed by atoms with Crippen LogP contribution in [-0.2, 0) is 4.79 Å². The molecule has 24 heavy (non-hydrogen) atoms. The van der Waals surface area contributed by atoms with Crippen LogP contribution in [0.25, 0.3) is 0 Å². The van der Waals surface area contributed by atoms with E-state index >= 15 is 0 Å². The molecule has 2 aliphatic rings. The number of carbonyl (C=O) groups excluding carboxylic acids is 1. The van der Waals surface area contributed by atoms with E-state index < -0.39 is 0 Å². The predicted octanol–water partition coefficient (Wildman–Crippen LogP) is 2.88. The molecule has 1 aromatic rings. The van der Waals surface area contributed by atoms with E-state index in [0.717, 1.165) is 25.9 Å². The van der Waals surface area contributed by atoms with Gasteiger partial charge in [-0.1, -0.05) is 49.6 Å². The smallest absolute Gasteiger partial charge is 0.234 e. The molecule has 4 nitrogen and oxygen atoms in total. The van der Waals surface area contributed by atoms with Crippen LogP contribution in [0.2, 0.25) is 0 Å². The highest BCUT2D eigenvalue weighted by Crippen LogP contribution is 2.34. The van der Waals surface area contributed by atoms with Crippen LogP contribution in [0.1, 0.15) is 56.6 Å². The maximum atomic E-state index is 12.6. The molecule has 2 fully saturated rings. The van der Waals surface area contributed by atoms with Crippen LogP contribution in [0.4, 0.5) is 0 Å². The van der Waals surface area contributed by atoms with Gasteiger partial charge in [-0.05, 0) is 37.2 Å². The summed E-state index contributed by atoms with van der Waals surface area (Å²) >= 11 is 0. The van der Waals surface area contributed by atoms with Crippen molar-refractivity contribution in [3.8, 4) is 0 Å². The molecule has 0 bridgehead atoms. The first-order valence-electron chi connectivity index (χ1n) is 9.47. The first kappa shape index (κ1) is 17.4. The molecule has 1 saturated carbocycles. The van der Waals surface area contributed by atoms with Crippen molar-refractivity contribution < 1.29 is 9.90 Å². The van der Waals surface area contributed by atoms with Crippen LogP contribution in [-0.4, -0.2) is 41.7 Å². The van der Waals surface area contributed by atoms with Gasteiger partial charge in [0.1, 0.15) is 0 Å². The van der Waals surface area contributed by atoms with Crippen molar-refractivity contribution in [1.29, 1.82) is 0 Å². The predicted molar refractivity (Wildman–Crippen MR) is 95.6 cm³/mol. The van der Waals surface area contributed by atoms with Gasteiger partial charge in [0.2, 0.25) is 5.91 Å². The van der Waals surface area contributed by atoms with E-state index in [9.17, 15) is 9.90 Å². The van der Waals surface area contributed by atoms with E-state index in [2.05, 4.69) is 34.5 Å². The van der Waals surface area contributed by atoms with Crippen LogP contribution in [0, 0.1) is 5.92 Å². The molecule has 0 aromatic heterocycles. The first-order chi connectivity index (χ1) is 11.7. The van der Waals surface area contributed by atoms with Crippen molar-refractivity contribution in [3.05, 3.63) is 35.9 Å². The van der Waals surface area contributed by atoms with E-state index in [1.165, 1.54) is 37.7 Å². The lowest BCUT2D eigenvalue weighted by Crippen LogP contribution is -2.44. The minimum atomic E-state index is -0.191. The molecular weight excluding hydrogens is 300 g/mol. The molecular formula is C20H30N2O2. The van der Waals surface area contributed by atoms with E-state index in [0.29, 0.717) is 12.5 Å². The summed E-state index contributed by atoms with van der Waals surface area (Å²) in [6.45, 7) is 2.07. The second-order valence-corrected chi connectivity index (χ2v) is 7.36. The topological polar surface area (TPSA) is 52.6 Å². The monoisotopic (exact) mass is 330 g/mol. The maximum absolute atomic E-state index is 12.6. The van der Waals surface area contributed by atoms with Crippen LogP contribution in [0.15, 0.2) is 30.3 Å². The number of piperidine rings is 1. The standard InChI is InChI=1S/C20H30N2O2/c23-18-11-13-22(14-12-18)15-19(24)21-20(16-7-3-1-4-8-16)17-9-5-2-6-10-17/h1,3-4,7-8,17-18,20,23H,2,5-6,9-15H2,(H,21,24). The Bertz CT molecular complexity index is 506. The highest BCUT2D eigenvalue weighted by atomic mass is 16.3. The Hall–Kier alpha value is -1.39. The van der Waals surface area contributed by atoms with Gasteiger partial charge in [-0.15, -0.1) is 0 Å². The van der Waals surface area contributed by atoms with Gasteiger partial charge in [0.25, 0.3) is 0 Å². The third-order valence-electron chi connectivity index (χ3n) is 5.52. The molecule has 4 heteroatoms. The number of likely N-dealkylation sites (tertiary alicyclic amines) is 1. The summed E-state index contributed by atoms with van der Waals surface area (Å²) in [6, 6.07) is 10.6. The number of benzene rings is 1. The Labute approximate surface area is 145 Å². The third kappa shape index (κ3) is 4.81. The number of aliphatic hydroxyl groups is 1. The summed E-state index contributed by atoms with van der Waals surface area (Å²) in [6.07, 6.45) is 7.63.